The van der Waals surface area contributed by atoms with Gasteiger partial charge in [0.1, 0.15) is 6.54 Å². The van der Waals surface area contributed by atoms with Crippen LogP contribution in [0.3, 0.4) is 0 Å². The number of nitrogens with one attached hydrogen (secondary N) is 1. The maximum Gasteiger partial charge on any atom is 0.318 e. The summed E-state index contributed by atoms with van der Waals surface area (Å²) < 4.78 is 0. The highest BCUT2D eigenvalue weighted by atomic mass is 16.2. The van der Waals surface area contributed by atoms with Crippen LogP contribution in [0.4, 0.5) is 4.79 Å². The summed E-state index contributed by atoms with van der Waals surface area (Å²) in [6.45, 7) is 0.681. The Balaban J connectivity index is 1.89. The topological polar surface area (TPSA) is 56.1 Å². The molecule has 1 heterocycles. The Hall–Kier alpha value is -2.54. The van der Waals surface area contributed by atoms with Gasteiger partial charge < -0.3 is 10.2 Å². The highest BCUT2D eigenvalue weighted by Crippen LogP contribution is 2.24. The van der Waals surface area contributed by atoms with E-state index in [0.29, 0.717) is 6.54 Å². The SMILES string of the molecule is N#CCN1CC(c2ccc3ccccc3c2)NC1=O. The molecule has 2 aromatic carbocycles. The minimum atomic E-state index is -0.167. The first kappa shape index (κ1) is 11.5. The number of benzene rings is 2. The number of hydrogen-bond acceptors (Lipinski definition) is 2. The van der Waals surface area contributed by atoms with Gasteiger partial charge in [-0.15, -0.1) is 0 Å². The van der Waals surface area contributed by atoms with Crippen molar-refractivity contribution in [2.24, 2.45) is 0 Å². The highest BCUT2D eigenvalue weighted by molar-refractivity contribution is 5.84. The van der Waals surface area contributed by atoms with E-state index in [1.165, 1.54) is 10.3 Å². The molecule has 1 saturated heterocycles. The van der Waals surface area contributed by atoms with Gasteiger partial charge in [-0.3, -0.25) is 0 Å². The molecular weight excluding hydrogens is 238 g/mol. The number of urea groups is 1. The Morgan fingerprint density at radius 1 is 1.26 bits per heavy atom. The van der Waals surface area contributed by atoms with Gasteiger partial charge in [-0.05, 0) is 22.4 Å². The third kappa shape index (κ3) is 2.11. The van der Waals surface area contributed by atoms with Crippen molar-refractivity contribution in [3.05, 3.63) is 48.0 Å². The predicted octanol–water partition coefficient (Wildman–Crippen LogP) is 2.43. The van der Waals surface area contributed by atoms with Crippen LogP contribution in [0, 0.1) is 11.3 Å². The van der Waals surface area contributed by atoms with E-state index in [0.717, 1.165) is 10.9 Å². The summed E-state index contributed by atoms with van der Waals surface area (Å²) in [5, 5.41) is 13.9. The molecule has 1 N–H and O–H groups in total. The summed E-state index contributed by atoms with van der Waals surface area (Å²) in [5.41, 5.74) is 1.08. The quantitative estimate of drug-likeness (QED) is 0.833. The van der Waals surface area contributed by atoms with E-state index in [-0.39, 0.29) is 18.6 Å². The standard InChI is InChI=1S/C15H13N3O/c16-7-8-18-10-14(17-15(18)19)13-6-5-11-3-1-2-4-12(11)9-13/h1-6,9,14H,8,10H2,(H,17,19). The number of carbonyl (C=O) groups is 1. The summed E-state index contributed by atoms with van der Waals surface area (Å²) in [6, 6.07) is 16.1. The Bertz CT molecular complexity index is 674. The fraction of sp³-hybridized carbons (Fsp3) is 0.200. The average Bonchev–Trinajstić information content (AvgIpc) is 2.80. The minimum absolute atomic E-state index is 0.0366. The van der Waals surface area contributed by atoms with Crippen LogP contribution >= 0.6 is 0 Å². The van der Waals surface area contributed by atoms with E-state index >= 15 is 0 Å². The molecular formula is C15H13N3O. The number of rotatable bonds is 2. The molecule has 1 unspecified atom stereocenters. The first-order valence-corrected chi connectivity index (χ1v) is 6.19. The van der Waals surface area contributed by atoms with Crippen molar-refractivity contribution in [1.82, 2.24) is 10.2 Å². The fourth-order valence-corrected chi connectivity index (χ4v) is 2.42. The van der Waals surface area contributed by atoms with Gasteiger partial charge in [0, 0.05) is 6.54 Å². The molecule has 1 aliphatic rings. The largest absolute Gasteiger partial charge is 0.329 e. The van der Waals surface area contributed by atoms with Gasteiger partial charge in [0.25, 0.3) is 0 Å². The molecule has 0 radical (unpaired) electrons. The van der Waals surface area contributed by atoms with Gasteiger partial charge in [0.2, 0.25) is 0 Å². The van der Waals surface area contributed by atoms with E-state index in [1.807, 2.05) is 24.3 Å². The third-order valence-corrected chi connectivity index (χ3v) is 3.43. The second kappa shape index (κ2) is 4.62. The third-order valence-electron chi connectivity index (χ3n) is 3.43. The lowest BCUT2D eigenvalue weighted by molar-refractivity contribution is 0.222. The summed E-state index contributed by atoms with van der Waals surface area (Å²) >= 11 is 0. The highest BCUT2D eigenvalue weighted by Gasteiger charge is 2.29. The first-order chi connectivity index (χ1) is 9.28. The van der Waals surface area contributed by atoms with Gasteiger partial charge in [0.15, 0.2) is 0 Å². The summed E-state index contributed by atoms with van der Waals surface area (Å²) in [7, 11) is 0. The Kier molecular flexibility index (Phi) is 2.81. The molecule has 0 aliphatic carbocycles. The number of nitrogens with zero attached hydrogens (tertiary/aromatic N) is 2. The molecule has 0 aromatic heterocycles. The molecule has 1 fully saturated rings. The van der Waals surface area contributed by atoms with E-state index in [9.17, 15) is 4.79 Å². The van der Waals surface area contributed by atoms with Crippen molar-refractivity contribution in [3.63, 3.8) is 0 Å². The van der Waals surface area contributed by atoms with Crippen LogP contribution in [0.2, 0.25) is 0 Å². The number of carbonyl (C=O) groups excluding carboxylic acids is 1. The zero-order valence-corrected chi connectivity index (χ0v) is 10.3. The average molecular weight is 251 g/mol. The van der Waals surface area contributed by atoms with Gasteiger partial charge >= 0.3 is 6.03 Å². The lowest BCUT2D eigenvalue weighted by atomic mass is 10.0. The van der Waals surface area contributed by atoms with Crippen LogP contribution in [0.5, 0.6) is 0 Å². The van der Waals surface area contributed by atoms with Crippen molar-refractivity contribution in [1.29, 1.82) is 5.26 Å². The van der Waals surface area contributed by atoms with E-state index in [4.69, 9.17) is 5.26 Å². The molecule has 1 atom stereocenters. The molecule has 94 valence electrons. The summed E-state index contributed by atoms with van der Waals surface area (Å²) in [4.78, 5) is 13.2. The van der Waals surface area contributed by atoms with Gasteiger partial charge in [-0.2, -0.15) is 5.26 Å². The van der Waals surface area contributed by atoms with Crippen molar-refractivity contribution >= 4 is 16.8 Å². The number of nitriles is 1. The first-order valence-electron chi connectivity index (χ1n) is 6.19. The normalized spacial score (nSPS) is 18.4. The molecule has 2 amide bonds. The van der Waals surface area contributed by atoms with Crippen LogP contribution < -0.4 is 5.32 Å². The van der Waals surface area contributed by atoms with Crippen molar-refractivity contribution in [2.75, 3.05) is 13.1 Å². The number of hydrogen-bond donors (Lipinski definition) is 1. The molecule has 0 saturated carbocycles. The second-order valence-corrected chi connectivity index (χ2v) is 4.65. The van der Waals surface area contributed by atoms with E-state index in [2.05, 4.69) is 29.6 Å². The lowest BCUT2D eigenvalue weighted by Gasteiger charge is -2.11. The Labute approximate surface area is 111 Å². The van der Waals surface area contributed by atoms with Crippen molar-refractivity contribution in [3.8, 4) is 6.07 Å². The molecule has 4 heteroatoms. The molecule has 0 bridgehead atoms. The molecule has 3 rings (SSSR count). The zero-order valence-electron chi connectivity index (χ0n) is 10.3. The van der Waals surface area contributed by atoms with Crippen LogP contribution in [0.15, 0.2) is 42.5 Å². The van der Waals surface area contributed by atoms with Gasteiger partial charge in [-0.1, -0.05) is 36.4 Å². The molecule has 0 spiro atoms. The zero-order chi connectivity index (χ0) is 13.2. The fourth-order valence-electron chi connectivity index (χ4n) is 2.42. The Morgan fingerprint density at radius 3 is 2.84 bits per heavy atom. The predicted molar refractivity (Wildman–Crippen MR) is 72.4 cm³/mol. The van der Waals surface area contributed by atoms with Crippen LogP contribution in [0.25, 0.3) is 10.8 Å². The van der Waals surface area contributed by atoms with Crippen LogP contribution in [-0.4, -0.2) is 24.0 Å². The van der Waals surface area contributed by atoms with E-state index < -0.39 is 0 Å². The molecule has 19 heavy (non-hydrogen) atoms. The molecule has 1 aliphatic heterocycles. The van der Waals surface area contributed by atoms with Crippen LogP contribution in [-0.2, 0) is 0 Å². The minimum Gasteiger partial charge on any atom is -0.329 e. The van der Waals surface area contributed by atoms with Crippen LogP contribution in [0.1, 0.15) is 11.6 Å². The lowest BCUT2D eigenvalue weighted by Crippen LogP contribution is -2.28. The smallest absolute Gasteiger partial charge is 0.318 e. The molecule has 2 aromatic rings. The van der Waals surface area contributed by atoms with Crippen molar-refractivity contribution in [2.45, 2.75) is 6.04 Å². The van der Waals surface area contributed by atoms with Crippen molar-refractivity contribution < 1.29 is 4.79 Å². The summed E-state index contributed by atoms with van der Waals surface area (Å²) in [5.74, 6) is 0. The Morgan fingerprint density at radius 2 is 2.05 bits per heavy atom. The number of fused-ring (bicyclic) bond motifs is 1. The van der Waals surface area contributed by atoms with E-state index in [1.54, 1.807) is 0 Å². The summed E-state index contributed by atoms with van der Waals surface area (Å²) in [6.07, 6.45) is 0. The maximum absolute atomic E-state index is 11.7. The molecule has 4 nitrogen and oxygen atoms in total. The monoisotopic (exact) mass is 251 g/mol. The number of amides is 2. The second-order valence-electron chi connectivity index (χ2n) is 4.65. The van der Waals surface area contributed by atoms with Gasteiger partial charge in [-0.25, -0.2) is 4.79 Å². The van der Waals surface area contributed by atoms with Gasteiger partial charge in [0.05, 0.1) is 12.1 Å². The maximum atomic E-state index is 11.7.